The van der Waals surface area contributed by atoms with E-state index in [9.17, 15) is 4.79 Å². The van der Waals surface area contributed by atoms with Gasteiger partial charge in [-0.3, -0.25) is 4.79 Å². The second-order valence-electron chi connectivity index (χ2n) is 2.47. The second kappa shape index (κ2) is 5.77. The van der Waals surface area contributed by atoms with Crippen LogP contribution in [0, 0.1) is 0 Å². The van der Waals surface area contributed by atoms with Gasteiger partial charge in [0.1, 0.15) is 5.03 Å². The average Bonchev–Trinajstić information content (AvgIpc) is 2.20. The summed E-state index contributed by atoms with van der Waals surface area (Å²) in [6.07, 6.45) is 1.40. The smallest absolute Gasteiger partial charge is 0.316 e. The normalized spacial score (nSPS) is 10.0. The molecule has 0 saturated carbocycles. The fraction of sp³-hybridized carbons (Fsp3) is 0.375. The Bertz CT molecular complexity index is 362. The molecule has 0 spiro atoms. The first kappa shape index (κ1) is 12.1. The Morgan fingerprint density at radius 2 is 2.47 bits per heavy atom. The van der Waals surface area contributed by atoms with Crippen LogP contribution in [-0.2, 0) is 9.53 Å². The number of nitrogens with two attached hydrogens (primary N) is 1. The van der Waals surface area contributed by atoms with Crippen molar-refractivity contribution in [1.29, 1.82) is 0 Å². The number of nitrogen functional groups attached to an aromatic ring is 1. The van der Waals surface area contributed by atoms with Crippen LogP contribution in [0.3, 0.4) is 0 Å². The Morgan fingerprint density at radius 1 is 1.73 bits per heavy atom. The molecule has 0 aliphatic carbocycles. The lowest BCUT2D eigenvalue weighted by atomic mass is 10.7. The number of ether oxygens (including phenoxy) is 1. The summed E-state index contributed by atoms with van der Waals surface area (Å²) in [5.74, 6) is -0.0224. The van der Waals surface area contributed by atoms with Crippen LogP contribution < -0.4 is 5.73 Å². The van der Waals surface area contributed by atoms with E-state index in [1.807, 2.05) is 0 Å². The Hall–Kier alpha value is -1.01. The van der Waals surface area contributed by atoms with Gasteiger partial charge in [0.05, 0.1) is 23.6 Å². The zero-order valence-electron chi connectivity index (χ0n) is 8.07. The fourth-order valence-electron chi connectivity index (χ4n) is 0.795. The molecule has 1 heterocycles. The number of nitrogens with zero attached hydrogens (tertiary/aromatic N) is 2. The Morgan fingerprint density at radius 3 is 3.13 bits per heavy atom. The highest BCUT2D eigenvalue weighted by Crippen LogP contribution is 2.24. The number of hydrogen-bond acceptors (Lipinski definition) is 6. The molecule has 7 heteroatoms. The van der Waals surface area contributed by atoms with Crippen LogP contribution in [0.2, 0.25) is 5.02 Å². The predicted molar refractivity (Wildman–Crippen MR) is 58.8 cm³/mol. The van der Waals surface area contributed by atoms with E-state index in [0.717, 1.165) is 0 Å². The van der Waals surface area contributed by atoms with Gasteiger partial charge in [0.15, 0.2) is 0 Å². The fourth-order valence-corrected chi connectivity index (χ4v) is 1.74. The maximum atomic E-state index is 11.1. The molecule has 0 aliphatic rings. The lowest BCUT2D eigenvalue weighted by Gasteiger charge is -2.03. The number of rotatable bonds is 4. The first-order valence-electron chi connectivity index (χ1n) is 4.20. The summed E-state index contributed by atoms with van der Waals surface area (Å²) in [4.78, 5) is 18.7. The monoisotopic (exact) mass is 247 g/mol. The molecule has 0 bridgehead atoms. The SMILES string of the molecule is CCOC(=O)CSc1nc(N)ncc1Cl. The highest BCUT2D eigenvalue weighted by atomic mass is 35.5. The number of carbonyl (C=O) groups excluding carboxylic acids is 1. The van der Waals surface area contributed by atoms with Crippen molar-refractivity contribution in [3.63, 3.8) is 0 Å². The molecule has 1 aromatic heterocycles. The number of anilines is 1. The van der Waals surface area contributed by atoms with E-state index in [4.69, 9.17) is 22.1 Å². The Labute approximate surface area is 96.4 Å². The van der Waals surface area contributed by atoms with Crippen molar-refractivity contribution in [2.45, 2.75) is 11.9 Å². The molecule has 1 aromatic rings. The van der Waals surface area contributed by atoms with E-state index >= 15 is 0 Å². The number of halogens is 1. The van der Waals surface area contributed by atoms with Crippen molar-refractivity contribution in [3.05, 3.63) is 11.2 Å². The second-order valence-corrected chi connectivity index (χ2v) is 3.85. The van der Waals surface area contributed by atoms with Gasteiger partial charge in [0.2, 0.25) is 5.95 Å². The quantitative estimate of drug-likeness (QED) is 0.492. The summed E-state index contributed by atoms with van der Waals surface area (Å²) in [5.41, 5.74) is 5.38. The van der Waals surface area contributed by atoms with E-state index < -0.39 is 0 Å². The number of carbonyl (C=O) groups is 1. The summed E-state index contributed by atoms with van der Waals surface area (Å²) in [5, 5.41) is 0.857. The zero-order valence-corrected chi connectivity index (χ0v) is 9.64. The van der Waals surface area contributed by atoms with Gasteiger partial charge in [-0.2, -0.15) is 0 Å². The van der Waals surface area contributed by atoms with Crippen LogP contribution in [0.1, 0.15) is 6.92 Å². The third kappa shape index (κ3) is 3.93. The molecule has 0 saturated heterocycles. The van der Waals surface area contributed by atoms with E-state index in [0.29, 0.717) is 16.7 Å². The highest BCUT2D eigenvalue weighted by molar-refractivity contribution is 8.00. The van der Waals surface area contributed by atoms with Gasteiger partial charge in [0.25, 0.3) is 0 Å². The maximum Gasteiger partial charge on any atom is 0.316 e. The zero-order chi connectivity index (χ0) is 11.3. The van der Waals surface area contributed by atoms with Gasteiger partial charge >= 0.3 is 5.97 Å². The largest absolute Gasteiger partial charge is 0.465 e. The lowest BCUT2D eigenvalue weighted by molar-refractivity contribution is -0.139. The summed E-state index contributed by atoms with van der Waals surface area (Å²) in [6, 6.07) is 0. The molecular weight excluding hydrogens is 238 g/mol. The minimum absolute atomic E-state index is 0.130. The number of esters is 1. The van der Waals surface area contributed by atoms with E-state index in [1.54, 1.807) is 6.92 Å². The molecule has 0 aromatic carbocycles. The van der Waals surface area contributed by atoms with Gasteiger partial charge in [-0.15, -0.1) is 0 Å². The molecule has 0 unspecified atom stereocenters. The van der Waals surface area contributed by atoms with Gasteiger partial charge < -0.3 is 10.5 Å². The van der Waals surface area contributed by atoms with Gasteiger partial charge in [-0.05, 0) is 6.92 Å². The molecule has 1 rings (SSSR count). The van der Waals surface area contributed by atoms with E-state index in [2.05, 4.69) is 9.97 Å². The van der Waals surface area contributed by atoms with Crippen molar-refractivity contribution >= 4 is 35.3 Å². The molecule has 0 radical (unpaired) electrons. The first-order valence-corrected chi connectivity index (χ1v) is 5.56. The average molecular weight is 248 g/mol. The van der Waals surface area contributed by atoms with Crippen LogP contribution in [-0.4, -0.2) is 28.3 Å². The maximum absolute atomic E-state index is 11.1. The molecule has 5 nitrogen and oxygen atoms in total. The van der Waals surface area contributed by atoms with Crippen LogP contribution >= 0.6 is 23.4 Å². The summed E-state index contributed by atoms with van der Waals surface area (Å²) in [6.45, 7) is 2.11. The topological polar surface area (TPSA) is 78.1 Å². The summed E-state index contributed by atoms with van der Waals surface area (Å²) >= 11 is 6.97. The first-order chi connectivity index (χ1) is 7.13. The molecule has 82 valence electrons. The lowest BCUT2D eigenvalue weighted by Crippen LogP contribution is -2.07. The predicted octanol–water partition coefficient (Wildman–Crippen LogP) is 1.37. The van der Waals surface area contributed by atoms with Crippen molar-refractivity contribution in [2.24, 2.45) is 0 Å². The molecule has 0 fully saturated rings. The van der Waals surface area contributed by atoms with Crippen molar-refractivity contribution in [1.82, 2.24) is 9.97 Å². The van der Waals surface area contributed by atoms with Crippen molar-refractivity contribution in [3.8, 4) is 0 Å². The minimum Gasteiger partial charge on any atom is -0.465 e. The van der Waals surface area contributed by atoms with Gasteiger partial charge in [0, 0.05) is 0 Å². The van der Waals surface area contributed by atoms with E-state index in [-0.39, 0.29) is 17.7 Å². The van der Waals surface area contributed by atoms with Gasteiger partial charge in [-0.1, -0.05) is 23.4 Å². The van der Waals surface area contributed by atoms with Gasteiger partial charge in [-0.25, -0.2) is 9.97 Å². The summed E-state index contributed by atoms with van der Waals surface area (Å²) in [7, 11) is 0. The summed E-state index contributed by atoms with van der Waals surface area (Å²) < 4.78 is 4.76. The molecular formula is C8H10ClN3O2S. The van der Waals surface area contributed by atoms with Crippen LogP contribution in [0.4, 0.5) is 5.95 Å². The molecule has 2 N–H and O–H groups in total. The minimum atomic E-state index is -0.309. The third-order valence-corrected chi connectivity index (χ3v) is 2.72. The third-order valence-electron chi connectivity index (χ3n) is 1.36. The number of thioether (sulfide) groups is 1. The number of hydrogen-bond donors (Lipinski definition) is 1. The number of aromatic nitrogens is 2. The Balaban J connectivity index is 2.57. The van der Waals surface area contributed by atoms with Crippen LogP contribution in [0.15, 0.2) is 11.2 Å². The molecule has 15 heavy (non-hydrogen) atoms. The van der Waals surface area contributed by atoms with E-state index in [1.165, 1.54) is 18.0 Å². The Kier molecular flexibility index (Phi) is 4.64. The molecule has 0 aliphatic heterocycles. The molecule has 0 amide bonds. The van der Waals surface area contributed by atoms with Crippen LogP contribution in [0.25, 0.3) is 0 Å². The molecule has 0 atom stereocenters. The van der Waals surface area contributed by atoms with Crippen molar-refractivity contribution < 1.29 is 9.53 Å². The van der Waals surface area contributed by atoms with Crippen LogP contribution in [0.5, 0.6) is 0 Å². The van der Waals surface area contributed by atoms with Crippen molar-refractivity contribution in [2.75, 3.05) is 18.1 Å². The standard InChI is InChI=1S/C8H10ClN3O2S/c1-2-14-6(13)4-15-7-5(9)3-11-8(10)12-7/h3H,2,4H2,1H3,(H2,10,11,12). The highest BCUT2D eigenvalue weighted by Gasteiger charge is 2.08.